The molecule has 0 saturated heterocycles. The molecule has 2 N–H and O–H groups in total. The Hall–Kier alpha value is -2.83. The van der Waals surface area contributed by atoms with E-state index in [0.717, 1.165) is 16.5 Å². The van der Waals surface area contributed by atoms with Crippen molar-refractivity contribution in [3.8, 4) is 5.75 Å². The van der Waals surface area contributed by atoms with Gasteiger partial charge in [-0.3, -0.25) is 9.59 Å². The van der Waals surface area contributed by atoms with Gasteiger partial charge >= 0.3 is 11.6 Å². The number of amides is 1. The van der Waals surface area contributed by atoms with Crippen LogP contribution in [0.5, 0.6) is 5.75 Å². The molecule has 0 radical (unpaired) electrons. The molecule has 0 aliphatic carbocycles. The number of carboxylic acids is 1. The fourth-order valence-corrected chi connectivity index (χ4v) is 2.17. The van der Waals surface area contributed by atoms with Crippen molar-refractivity contribution in [2.45, 2.75) is 20.3 Å². The molecule has 2 aromatic rings. The van der Waals surface area contributed by atoms with E-state index >= 15 is 0 Å². The van der Waals surface area contributed by atoms with Crippen LogP contribution in [0.15, 0.2) is 27.4 Å². The molecular formula is C16H17NO6. The van der Waals surface area contributed by atoms with Crippen molar-refractivity contribution in [2.75, 3.05) is 13.2 Å². The molecule has 1 aromatic heterocycles. The molecule has 0 aliphatic heterocycles. The Labute approximate surface area is 131 Å². The van der Waals surface area contributed by atoms with Crippen LogP contribution in [0.1, 0.15) is 18.1 Å². The average Bonchev–Trinajstić information content (AvgIpc) is 2.49. The van der Waals surface area contributed by atoms with E-state index in [0.29, 0.717) is 17.8 Å². The number of carboxylic acid groups (broad SMARTS) is 1. The summed E-state index contributed by atoms with van der Waals surface area (Å²) in [6, 6.07) is 4.85. The van der Waals surface area contributed by atoms with Gasteiger partial charge in [-0.25, -0.2) is 4.79 Å². The Morgan fingerprint density at radius 3 is 2.70 bits per heavy atom. The molecule has 0 fully saturated rings. The fourth-order valence-electron chi connectivity index (χ4n) is 2.17. The van der Waals surface area contributed by atoms with E-state index in [4.69, 9.17) is 14.3 Å². The Bertz CT molecular complexity index is 808. The number of nitrogens with one attached hydrogen (secondary N) is 1. The Morgan fingerprint density at radius 2 is 2.04 bits per heavy atom. The first kappa shape index (κ1) is 16.5. The van der Waals surface area contributed by atoms with Gasteiger partial charge in [0.15, 0.2) is 6.61 Å². The molecule has 0 spiro atoms. The summed E-state index contributed by atoms with van der Waals surface area (Å²) in [4.78, 5) is 33.4. The molecule has 0 atom stereocenters. The summed E-state index contributed by atoms with van der Waals surface area (Å²) < 4.78 is 10.6. The van der Waals surface area contributed by atoms with Crippen LogP contribution >= 0.6 is 0 Å². The van der Waals surface area contributed by atoms with Crippen LogP contribution < -0.4 is 15.7 Å². The number of aliphatic carboxylic acids is 1. The summed E-state index contributed by atoms with van der Waals surface area (Å²) in [6.45, 7) is 2.97. The van der Waals surface area contributed by atoms with Gasteiger partial charge in [-0.1, -0.05) is 6.92 Å². The highest BCUT2D eigenvalue weighted by molar-refractivity contribution is 5.84. The summed E-state index contributed by atoms with van der Waals surface area (Å²) in [5.41, 5.74) is 1.59. The number of hydrogen-bond donors (Lipinski definition) is 2. The van der Waals surface area contributed by atoms with E-state index in [1.165, 1.54) is 6.07 Å². The van der Waals surface area contributed by atoms with Gasteiger partial charge < -0.3 is 19.6 Å². The van der Waals surface area contributed by atoms with E-state index in [2.05, 4.69) is 5.32 Å². The molecule has 0 aliphatic rings. The van der Waals surface area contributed by atoms with Crippen molar-refractivity contribution in [1.29, 1.82) is 0 Å². The van der Waals surface area contributed by atoms with E-state index in [1.54, 1.807) is 6.07 Å². The minimum Gasteiger partial charge on any atom is -0.483 e. The van der Waals surface area contributed by atoms with Gasteiger partial charge in [0.2, 0.25) is 0 Å². The maximum atomic E-state index is 11.5. The van der Waals surface area contributed by atoms with E-state index in [9.17, 15) is 14.4 Å². The van der Waals surface area contributed by atoms with Crippen LogP contribution in [0.2, 0.25) is 0 Å². The smallest absolute Gasteiger partial charge is 0.336 e. The fraction of sp³-hybridized carbons (Fsp3) is 0.312. The third-order valence-corrected chi connectivity index (χ3v) is 3.31. The number of rotatable bonds is 6. The molecule has 7 heteroatoms. The quantitative estimate of drug-likeness (QED) is 0.776. The highest BCUT2D eigenvalue weighted by Gasteiger charge is 2.11. The number of hydrogen-bond acceptors (Lipinski definition) is 5. The van der Waals surface area contributed by atoms with Gasteiger partial charge in [0, 0.05) is 17.5 Å². The SMILES string of the molecule is CCc1cc2c(C)cc(=O)oc2cc1OCC(=O)NCC(=O)O. The maximum absolute atomic E-state index is 11.5. The van der Waals surface area contributed by atoms with Crippen molar-refractivity contribution in [1.82, 2.24) is 5.32 Å². The first-order chi connectivity index (χ1) is 10.9. The van der Waals surface area contributed by atoms with Crippen molar-refractivity contribution in [3.63, 3.8) is 0 Å². The number of carbonyl (C=O) groups is 2. The lowest BCUT2D eigenvalue weighted by molar-refractivity contribution is -0.138. The normalized spacial score (nSPS) is 10.5. The zero-order chi connectivity index (χ0) is 17.0. The molecule has 23 heavy (non-hydrogen) atoms. The molecule has 1 amide bonds. The molecule has 1 heterocycles. The minimum absolute atomic E-state index is 0.318. The number of aryl methyl sites for hydroxylation is 2. The number of fused-ring (bicyclic) bond motifs is 1. The second kappa shape index (κ2) is 6.95. The summed E-state index contributed by atoms with van der Waals surface area (Å²) >= 11 is 0. The van der Waals surface area contributed by atoms with Gasteiger partial charge in [0.1, 0.15) is 17.9 Å². The van der Waals surface area contributed by atoms with E-state index in [1.807, 2.05) is 19.9 Å². The van der Waals surface area contributed by atoms with Gasteiger partial charge in [0.05, 0.1) is 0 Å². The van der Waals surface area contributed by atoms with Crippen LogP contribution in [-0.2, 0) is 16.0 Å². The number of benzene rings is 1. The minimum atomic E-state index is -1.13. The number of ether oxygens (including phenoxy) is 1. The molecule has 2 rings (SSSR count). The lowest BCUT2D eigenvalue weighted by Gasteiger charge is -2.12. The maximum Gasteiger partial charge on any atom is 0.336 e. The van der Waals surface area contributed by atoms with E-state index in [-0.39, 0.29) is 6.61 Å². The first-order valence-corrected chi connectivity index (χ1v) is 7.09. The Morgan fingerprint density at radius 1 is 1.30 bits per heavy atom. The summed E-state index contributed by atoms with van der Waals surface area (Å²) in [5, 5.41) is 11.5. The molecule has 7 nitrogen and oxygen atoms in total. The van der Waals surface area contributed by atoms with Gasteiger partial charge in [0.25, 0.3) is 5.91 Å². The van der Waals surface area contributed by atoms with Crippen molar-refractivity contribution in [3.05, 3.63) is 39.7 Å². The lowest BCUT2D eigenvalue weighted by atomic mass is 10.1. The van der Waals surface area contributed by atoms with Crippen LogP contribution in [0.3, 0.4) is 0 Å². The van der Waals surface area contributed by atoms with Crippen molar-refractivity contribution >= 4 is 22.8 Å². The molecule has 0 unspecified atom stereocenters. The lowest BCUT2D eigenvalue weighted by Crippen LogP contribution is -2.33. The Balaban J connectivity index is 2.24. The highest BCUT2D eigenvalue weighted by Crippen LogP contribution is 2.27. The van der Waals surface area contributed by atoms with Gasteiger partial charge in [-0.05, 0) is 30.5 Å². The topological polar surface area (TPSA) is 106 Å². The van der Waals surface area contributed by atoms with Crippen LogP contribution in [0.25, 0.3) is 11.0 Å². The highest BCUT2D eigenvalue weighted by atomic mass is 16.5. The Kier molecular flexibility index (Phi) is 5.00. The molecule has 0 bridgehead atoms. The summed E-state index contributed by atoms with van der Waals surface area (Å²) in [7, 11) is 0. The standard InChI is InChI=1S/C16H17NO6/c1-3-10-5-11-9(2)4-16(21)23-13(11)6-12(10)22-8-14(18)17-7-15(19)20/h4-6H,3,7-8H2,1-2H3,(H,17,18)(H,19,20). The van der Waals surface area contributed by atoms with Crippen molar-refractivity contribution < 1.29 is 23.8 Å². The van der Waals surface area contributed by atoms with Crippen LogP contribution in [-0.4, -0.2) is 30.1 Å². The molecule has 0 saturated carbocycles. The van der Waals surface area contributed by atoms with Gasteiger partial charge in [-0.15, -0.1) is 0 Å². The second-order valence-electron chi connectivity index (χ2n) is 5.02. The largest absolute Gasteiger partial charge is 0.483 e. The first-order valence-electron chi connectivity index (χ1n) is 7.09. The molecule has 1 aromatic carbocycles. The zero-order valence-corrected chi connectivity index (χ0v) is 12.8. The zero-order valence-electron chi connectivity index (χ0n) is 12.8. The summed E-state index contributed by atoms with van der Waals surface area (Å²) in [5.74, 6) is -1.24. The van der Waals surface area contributed by atoms with Crippen LogP contribution in [0, 0.1) is 6.92 Å². The second-order valence-corrected chi connectivity index (χ2v) is 5.02. The summed E-state index contributed by atoms with van der Waals surface area (Å²) in [6.07, 6.45) is 0.667. The monoisotopic (exact) mass is 319 g/mol. The number of carbonyl (C=O) groups excluding carboxylic acids is 1. The molecular weight excluding hydrogens is 302 g/mol. The predicted molar refractivity (Wildman–Crippen MR) is 82.7 cm³/mol. The van der Waals surface area contributed by atoms with Crippen molar-refractivity contribution in [2.24, 2.45) is 0 Å². The van der Waals surface area contributed by atoms with Gasteiger partial charge in [-0.2, -0.15) is 0 Å². The average molecular weight is 319 g/mol. The third kappa shape index (κ3) is 4.09. The van der Waals surface area contributed by atoms with E-state index < -0.39 is 24.0 Å². The van der Waals surface area contributed by atoms with Crippen LogP contribution in [0.4, 0.5) is 0 Å². The third-order valence-electron chi connectivity index (χ3n) is 3.31. The molecule has 122 valence electrons. The predicted octanol–water partition coefficient (Wildman–Crippen LogP) is 1.24.